The maximum Gasteiger partial charge on any atom is 0.358 e. The predicted octanol–water partition coefficient (Wildman–Crippen LogP) is 3.02. The number of hydrogen-bond donors (Lipinski definition) is 1. The number of benzene rings is 1. The van der Waals surface area contributed by atoms with Gasteiger partial charge in [-0.1, -0.05) is 36.7 Å². The number of aromatic carboxylic acids is 1. The maximum absolute atomic E-state index is 13.8. The van der Waals surface area contributed by atoms with Gasteiger partial charge in [0.2, 0.25) is 0 Å². The third kappa shape index (κ3) is 3.58. The van der Waals surface area contributed by atoms with E-state index in [4.69, 9.17) is 16.7 Å². The van der Waals surface area contributed by atoms with E-state index in [1.165, 1.54) is 10.7 Å². The van der Waals surface area contributed by atoms with Crippen LogP contribution < -0.4 is 0 Å². The van der Waals surface area contributed by atoms with Gasteiger partial charge in [-0.15, -0.1) is 5.10 Å². The van der Waals surface area contributed by atoms with Crippen LogP contribution in [0.3, 0.4) is 0 Å². The second kappa shape index (κ2) is 6.22. The average Bonchev–Trinajstić information content (AvgIpc) is 2.75. The lowest BCUT2D eigenvalue weighted by molar-refractivity contribution is 0.0689. The topological polar surface area (TPSA) is 68.0 Å². The summed E-state index contributed by atoms with van der Waals surface area (Å²) in [5.74, 6) is -1.35. The second-order valence-corrected chi connectivity index (χ2v) is 5.62. The van der Waals surface area contributed by atoms with E-state index < -0.39 is 11.8 Å². The van der Waals surface area contributed by atoms with Crippen LogP contribution in [-0.4, -0.2) is 26.1 Å². The number of rotatable bonds is 5. The molecule has 0 saturated carbocycles. The van der Waals surface area contributed by atoms with Crippen LogP contribution in [0.5, 0.6) is 0 Å². The number of carboxylic acids is 1. The lowest BCUT2D eigenvalue weighted by Crippen LogP contribution is -2.12. The molecule has 0 spiro atoms. The van der Waals surface area contributed by atoms with Gasteiger partial charge in [-0.3, -0.25) is 0 Å². The fourth-order valence-electron chi connectivity index (χ4n) is 2.03. The molecule has 1 aromatic heterocycles. The summed E-state index contributed by atoms with van der Waals surface area (Å²) >= 11 is 5.71. The zero-order valence-corrected chi connectivity index (χ0v) is 12.4. The van der Waals surface area contributed by atoms with Crippen LogP contribution in [0.1, 0.15) is 35.6 Å². The van der Waals surface area contributed by atoms with Crippen LogP contribution in [-0.2, 0) is 13.0 Å². The molecule has 0 aliphatic carbocycles. The number of aromatic nitrogens is 3. The quantitative estimate of drug-likeness (QED) is 0.921. The van der Waals surface area contributed by atoms with E-state index >= 15 is 0 Å². The van der Waals surface area contributed by atoms with Crippen molar-refractivity contribution in [1.29, 1.82) is 0 Å². The number of carbonyl (C=O) groups is 1. The molecule has 0 fully saturated rings. The van der Waals surface area contributed by atoms with Crippen LogP contribution in [0.25, 0.3) is 0 Å². The van der Waals surface area contributed by atoms with Crippen molar-refractivity contribution in [1.82, 2.24) is 15.0 Å². The lowest BCUT2D eigenvalue weighted by atomic mass is 10.1. The molecule has 2 aromatic rings. The fraction of sp³-hybridized carbons (Fsp3) is 0.357. The standard InChI is InChI=1S/C14H15ClFN3O2/c1-8(2)5-12-13(14(20)21)17-18-19(12)7-9-3-4-10(15)6-11(9)16/h3-4,6,8H,5,7H2,1-2H3,(H,20,21). The molecule has 0 bridgehead atoms. The summed E-state index contributed by atoms with van der Waals surface area (Å²) in [7, 11) is 0. The maximum atomic E-state index is 13.8. The molecule has 0 aliphatic rings. The minimum atomic E-state index is -1.13. The van der Waals surface area contributed by atoms with Crippen molar-refractivity contribution in [2.45, 2.75) is 26.8 Å². The van der Waals surface area contributed by atoms with Gasteiger partial charge < -0.3 is 5.11 Å². The lowest BCUT2D eigenvalue weighted by Gasteiger charge is -2.10. The molecule has 0 unspecified atom stereocenters. The largest absolute Gasteiger partial charge is 0.476 e. The highest BCUT2D eigenvalue weighted by molar-refractivity contribution is 6.30. The number of nitrogens with zero attached hydrogens (tertiary/aromatic N) is 3. The molecule has 112 valence electrons. The van der Waals surface area contributed by atoms with Gasteiger partial charge in [-0.2, -0.15) is 0 Å². The molecule has 0 radical (unpaired) electrons. The van der Waals surface area contributed by atoms with Crippen LogP contribution in [0.2, 0.25) is 5.02 Å². The molecule has 7 heteroatoms. The Morgan fingerprint density at radius 2 is 2.19 bits per heavy atom. The van der Waals surface area contributed by atoms with E-state index in [1.807, 2.05) is 13.8 Å². The predicted molar refractivity (Wildman–Crippen MR) is 76.0 cm³/mol. The Hall–Kier alpha value is -1.95. The van der Waals surface area contributed by atoms with Gasteiger partial charge in [-0.05, 0) is 24.5 Å². The highest BCUT2D eigenvalue weighted by Gasteiger charge is 2.20. The van der Waals surface area contributed by atoms with Crippen molar-refractivity contribution in [2.24, 2.45) is 5.92 Å². The molecule has 0 saturated heterocycles. The van der Waals surface area contributed by atoms with E-state index in [0.29, 0.717) is 22.7 Å². The van der Waals surface area contributed by atoms with Crippen molar-refractivity contribution in [3.63, 3.8) is 0 Å². The van der Waals surface area contributed by atoms with Gasteiger partial charge >= 0.3 is 5.97 Å². The molecule has 1 heterocycles. The normalized spacial score (nSPS) is 11.1. The Balaban J connectivity index is 2.37. The van der Waals surface area contributed by atoms with Gasteiger partial charge in [0, 0.05) is 10.6 Å². The highest BCUT2D eigenvalue weighted by Crippen LogP contribution is 2.18. The Kier molecular flexibility index (Phi) is 4.57. The minimum absolute atomic E-state index is 0.0851. The third-order valence-electron chi connectivity index (χ3n) is 2.98. The van der Waals surface area contributed by atoms with Gasteiger partial charge in [0.25, 0.3) is 0 Å². The molecule has 1 aromatic carbocycles. The molecule has 0 aliphatic heterocycles. The summed E-state index contributed by atoms with van der Waals surface area (Å²) < 4.78 is 15.3. The van der Waals surface area contributed by atoms with Crippen molar-refractivity contribution in [3.05, 3.63) is 46.0 Å². The summed E-state index contributed by atoms with van der Waals surface area (Å²) in [5.41, 5.74) is 0.788. The molecule has 0 atom stereocenters. The van der Waals surface area contributed by atoms with Crippen LogP contribution in [0.4, 0.5) is 4.39 Å². The molecule has 21 heavy (non-hydrogen) atoms. The first-order valence-electron chi connectivity index (χ1n) is 6.48. The highest BCUT2D eigenvalue weighted by atomic mass is 35.5. The van der Waals surface area contributed by atoms with E-state index in [-0.39, 0.29) is 18.2 Å². The minimum Gasteiger partial charge on any atom is -0.476 e. The van der Waals surface area contributed by atoms with Gasteiger partial charge in [0.15, 0.2) is 5.69 Å². The summed E-state index contributed by atoms with van der Waals surface area (Å²) in [6, 6.07) is 4.35. The van der Waals surface area contributed by atoms with E-state index in [2.05, 4.69) is 10.3 Å². The average molecular weight is 312 g/mol. The number of halogens is 2. The van der Waals surface area contributed by atoms with E-state index in [0.717, 1.165) is 0 Å². The Morgan fingerprint density at radius 3 is 2.76 bits per heavy atom. The first-order chi connectivity index (χ1) is 9.88. The zero-order valence-electron chi connectivity index (χ0n) is 11.7. The summed E-state index contributed by atoms with van der Waals surface area (Å²) in [5, 5.41) is 17.0. The smallest absolute Gasteiger partial charge is 0.358 e. The molecule has 0 amide bonds. The molecule has 5 nitrogen and oxygen atoms in total. The molecule has 1 N–H and O–H groups in total. The summed E-state index contributed by atoms with van der Waals surface area (Å²) in [4.78, 5) is 11.2. The number of hydrogen-bond acceptors (Lipinski definition) is 3. The van der Waals surface area contributed by atoms with E-state index in [9.17, 15) is 9.18 Å². The Morgan fingerprint density at radius 1 is 1.48 bits per heavy atom. The second-order valence-electron chi connectivity index (χ2n) is 5.18. The van der Waals surface area contributed by atoms with Gasteiger partial charge in [0.05, 0.1) is 12.2 Å². The molecule has 2 rings (SSSR count). The Labute approximate surface area is 126 Å². The SMILES string of the molecule is CC(C)Cc1c(C(=O)O)nnn1Cc1ccc(Cl)cc1F. The van der Waals surface area contributed by atoms with Gasteiger partial charge in [-0.25, -0.2) is 13.9 Å². The first kappa shape index (κ1) is 15.4. The Bertz CT molecular complexity index is 670. The monoisotopic (exact) mass is 311 g/mol. The third-order valence-corrected chi connectivity index (χ3v) is 3.21. The molecular formula is C14H15ClFN3O2. The van der Waals surface area contributed by atoms with Crippen LogP contribution >= 0.6 is 11.6 Å². The summed E-state index contributed by atoms with van der Waals surface area (Å²) in [6.07, 6.45) is 0.504. The first-order valence-corrected chi connectivity index (χ1v) is 6.86. The van der Waals surface area contributed by atoms with Gasteiger partial charge in [0.1, 0.15) is 5.82 Å². The van der Waals surface area contributed by atoms with Crippen molar-refractivity contribution >= 4 is 17.6 Å². The number of carboxylic acid groups (broad SMARTS) is 1. The summed E-state index contributed by atoms with van der Waals surface area (Å²) in [6.45, 7) is 4.04. The van der Waals surface area contributed by atoms with Crippen molar-refractivity contribution in [2.75, 3.05) is 0 Å². The van der Waals surface area contributed by atoms with Crippen molar-refractivity contribution in [3.8, 4) is 0 Å². The van der Waals surface area contributed by atoms with Crippen molar-refractivity contribution < 1.29 is 14.3 Å². The van der Waals surface area contributed by atoms with E-state index in [1.54, 1.807) is 12.1 Å². The van der Waals surface area contributed by atoms with Crippen LogP contribution in [0.15, 0.2) is 18.2 Å². The van der Waals surface area contributed by atoms with Crippen LogP contribution in [0, 0.1) is 11.7 Å². The fourth-order valence-corrected chi connectivity index (χ4v) is 2.18. The zero-order chi connectivity index (χ0) is 15.6. The molecular weight excluding hydrogens is 297 g/mol.